The van der Waals surface area contributed by atoms with Crippen LogP contribution in [0.15, 0.2) is 150 Å². The number of anilines is 2. The van der Waals surface area contributed by atoms with Crippen LogP contribution >= 0.6 is 0 Å². The number of para-hydroxylation sites is 1. The van der Waals surface area contributed by atoms with E-state index in [2.05, 4.69) is 145 Å². The van der Waals surface area contributed by atoms with Crippen molar-refractivity contribution in [3.63, 3.8) is 0 Å². The molecule has 1 aromatic heterocycles. The fraction of sp³-hybridized carbons (Fsp3) is 0. The van der Waals surface area contributed by atoms with Crippen LogP contribution < -0.4 is 5.32 Å². The Morgan fingerprint density at radius 3 is 1.98 bits per heavy atom. The number of rotatable bonds is 4. The summed E-state index contributed by atoms with van der Waals surface area (Å²) in [6.45, 7) is 0. The molecule has 0 aliphatic rings. The summed E-state index contributed by atoms with van der Waals surface area (Å²) in [4.78, 5) is 0. The SMILES string of the molecule is c1ccc(-c2cccc3c2oc2ccc(-c4ccc(Nc5ccc6ccc7ccccc7c6c5)cc4)cc23)cc1. The van der Waals surface area contributed by atoms with Crippen molar-refractivity contribution in [2.45, 2.75) is 0 Å². The summed E-state index contributed by atoms with van der Waals surface area (Å²) in [5.41, 5.74) is 8.60. The van der Waals surface area contributed by atoms with E-state index in [4.69, 9.17) is 4.42 Å². The van der Waals surface area contributed by atoms with Crippen LogP contribution in [0.1, 0.15) is 0 Å². The highest BCUT2D eigenvalue weighted by atomic mass is 16.3. The van der Waals surface area contributed by atoms with Gasteiger partial charge in [-0.1, -0.05) is 109 Å². The van der Waals surface area contributed by atoms with Crippen LogP contribution in [0.4, 0.5) is 11.4 Å². The first-order chi connectivity index (χ1) is 19.8. The van der Waals surface area contributed by atoms with Gasteiger partial charge in [-0.2, -0.15) is 0 Å². The lowest BCUT2D eigenvalue weighted by Gasteiger charge is -2.10. The summed E-state index contributed by atoms with van der Waals surface area (Å²) in [6.07, 6.45) is 0. The predicted molar refractivity (Wildman–Crippen MR) is 169 cm³/mol. The van der Waals surface area contributed by atoms with Crippen molar-refractivity contribution in [2.24, 2.45) is 0 Å². The Bertz CT molecular complexity index is 2170. The maximum absolute atomic E-state index is 6.36. The Morgan fingerprint density at radius 2 is 1.10 bits per heavy atom. The summed E-state index contributed by atoms with van der Waals surface area (Å²) in [6, 6.07) is 51.5. The molecule has 0 aliphatic heterocycles. The van der Waals surface area contributed by atoms with Gasteiger partial charge >= 0.3 is 0 Å². The normalized spacial score (nSPS) is 11.5. The maximum Gasteiger partial charge on any atom is 0.143 e. The van der Waals surface area contributed by atoms with Gasteiger partial charge in [0.05, 0.1) is 0 Å². The molecule has 1 N–H and O–H groups in total. The largest absolute Gasteiger partial charge is 0.455 e. The van der Waals surface area contributed by atoms with Crippen LogP contribution in [0.25, 0.3) is 65.7 Å². The molecule has 2 nitrogen and oxygen atoms in total. The van der Waals surface area contributed by atoms with E-state index in [1.165, 1.54) is 32.7 Å². The van der Waals surface area contributed by atoms with Crippen LogP contribution in [0.2, 0.25) is 0 Å². The molecule has 0 bridgehead atoms. The molecule has 0 saturated heterocycles. The summed E-state index contributed by atoms with van der Waals surface area (Å²) in [5.74, 6) is 0. The molecule has 0 fully saturated rings. The van der Waals surface area contributed by atoms with Crippen LogP contribution in [-0.2, 0) is 0 Å². The number of nitrogens with one attached hydrogen (secondary N) is 1. The van der Waals surface area contributed by atoms with E-state index in [-0.39, 0.29) is 0 Å². The number of hydrogen-bond donors (Lipinski definition) is 1. The third-order valence-electron chi connectivity index (χ3n) is 7.84. The minimum absolute atomic E-state index is 0.907. The maximum atomic E-state index is 6.36. The zero-order chi connectivity index (χ0) is 26.5. The molecule has 188 valence electrons. The minimum Gasteiger partial charge on any atom is -0.455 e. The molecule has 0 spiro atoms. The summed E-state index contributed by atoms with van der Waals surface area (Å²) >= 11 is 0. The molecule has 0 radical (unpaired) electrons. The van der Waals surface area contributed by atoms with Crippen molar-refractivity contribution in [3.05, 3.63) is 146 Å². The monoisotopic (exact) mass is 511 g/mol. The van der Waals surface area contributed by atoms with E-state index in [9.17, 15) is 0 Å². The van der Waals surface area contributed by atoms with Crippen molar-refractivity contribution < 1.29 is 4.42 Å². The van der Waals surface area contributed by atoms with Gasteiger partial charge in [-0.3, -0.25) is 0 Å². The quantitative estimate of drug-likeness (QED) is 0.238. The summed E-state index contributed by atoms with van der Waals surface area (Å²) in [7, 11) is 0. The average Bonchev–Trinajstić information content (AvgIpc) is 3.40. The van der Waals surface area contributed by atoms with Crippen LogP contribution in [0.3, 0.4) is 0 Å². The molecule has 7 aromatic carbocycles. The molecule has 8 aromatic rings. The molecule has 0 unspecified atom stereocenters. The van der Waals surface area contributed by atoms with Gasteiger partial charge in [0.1, 0.15) is 11.2 Å². The second-order valence-electron chi connectivity index (χ2n) is 10.3. The third kappa shape index (κ3) is 3.81. The molecule has 1 heterocycles. The second-order valence-corrected chi connectivity index (χ2v) is 10.3. The first kappa shape index (κ1) is 22.6. The van der Waals surface area contributed by atoms with Crippen molar-refractivity contribution in [1.29, 1.82) is 0 Å². The Labute approximate surface area is 232 Å². The van der Waals surface area contributed by atoms with Gasteiger partial charge in [0.25, 0.3) is 0 Å². The van der Waals surface area contributed by atoms with Crippen LogP contribution in [0.5, 0.6) is 0 Å². The molecule has 0 aliphatic carbocycles. The number of furan rings is 1. The minimum atomic E-state index is 0.907. The molecule has 0 saturated carbocycles. The molecular formula is C38H25NO. The van der Waals surface area contributed by atoms with E-state index >= 15 is 0 Å². The summed E-state index contributed by atoms with van der Waals surface area (Å²) in [5, 5.41) is 10.9. The second kappa shape index (κ2) is 9.14. The highest BCUT2D eigenvalue weighted by molar-refractivity contribution is 6.11. The number of hydrogen-bond acceptors (Lipinski definition) is 2. The van der Waals surface area contributed by atoms with Gasteiger partial charge in [-0.05, 0) is 74.6 Å². The lowest BCUT2D eigenvalue weighted by Crippen LogP contribution is -1.90. The van der Waals surface area contributed by atoms with E-state index in [1.807, 2.05) is 6.07 Å². The number of fused-ring (bicyclic) bond motifs is 6. The van der Waals surface area contributed by atoms with Gasteiger partial charge < -0.3 is 9.73 Å². The van der Waals surface area contributed by atoms with Crippen LogP contribution in [0, 0.1) is 0 Å². The highest BCUT2D eigenvalue weighted by Gasteiger charge is 2.13. The van der Waals surface area contributed by atoms with E-state index < -0.39 is 0 Å². The van der Waals surface area contributed by atoms with Crippen molar-refractivity contribution >= 4 is 54.9 Å². The zero-order valence-electron chi connectivity index (χ0n) is 21.8. The smallest absolute Gasteiger partial charge is 0.143 e. The fourth-order valence-electron chi connectivity index (χ4n) is 5.82. The number of benzene rings is 7. The van der Waals surface area contributed by atoms with Gasteiger partial charge in [0.15, 0.2) is 0 Å². The van der Waals surface area contributed by atoms with Crippen molar-refractivity contribution in [3.8, 4) is 22.3 Å². The molecular weight excluding hydrogens is 486 g/mol. The van der Waals surface area contributed by atoms with Crippen molar-refractivity contribution in [2.75, 3.05) is 5.32 Å². The molecule has 8 rings (SSSR count). The van der Waals surface area contributed by atoms with E-state index in [0.717, 1.165) is 44.4 Å². The lowest BCUT2D eigenvalue weighted by atomic mass is 10.00. The Morgan fingerprint density at radius 1 is 0.400 bits per heavy atom. The van der Waals surface area contributed by atoms with Gasteiger partial charge in [-0.15, -0.1) is 0 Å². The van der Waals surface area contributed by atoms with Gasteiger partial charge in [0.2, 0.25) is 0 Å². The van der Waals surface area contributed by atoms with Gasteiger partial charge in [-0.25, -0.2) is 0 Å². The molecule has 0 amide bonds. The Hall–Kier alpha value is -5.34. The first-order valence-electron chi connectivity index (χ1n) is 13.6. The Balaban J connectivity index is 1.12. The molecule has 2 heteroatoms. The van der Waals surface area contributed by atoms with E-state index in [1.54, 1.807) is 0 Å². The third-order valence-corrected chi connectivity index (χ3v) is 7.84. The first-order valence-corrected chi connectivity index (χ1v) is 13.6. The Kier molecular flexibility index (Phi) is 5.17. The average molecular weight is 512 g/mol. The molecule has 40 heavy (non-hydrogen) atoms. The topological polar surface area (TPSA) is 25.2 Å². The van der Waals surface area contributed by atoms with Crippen molar-refractivity contribution in [1.82, 2.24) is 0 Å². The summed E-state index contributed by atoms with van der Waals surface area (Å²) < 4.78 is 6.36. The standard InChI is InChI=1S/C38H25NO/c1-2-7-26(8-3-1)33-11-6-12-34-36-23-29(18-22-37(36)40-38(33)34)25-15-19-30(20-16-25)39-31-21-17-28-14-13-27-9-4-5-10-32(27)35(28)24-31/h1-24,39H. The predicted octanol–water partition coefficient (Wildman–Crippen LogP) is 11.0. The zero-order valence-corrected chi connectivity index (χ0v) is 21.8. The molecule has 0 atom stereocenters. The van der Waals surface area contributed by atoms with Crippen LogP contribution in [-0.4, -0.2) is 0 Å². The van der Waals surface area contributed by atoms with E-state index in [0.29, 0.717) is 0 Å². The lowest BCUT2D eigenvalue weighted by molar-refractivity contribution is 0.670. The highest BCUT2D eigenvalue weighted by Crippen LogP contribution is 2.38. The van der Waals surface area contributed by atoms with Gasteiger partial charge in [0, 0.05) is 27.7 Å². The fourth-order valence-corrected chi connectivity index (χ4v) is 5.82.